The molecule has 1 aliphatic rings. The van der Waals surface area contributed by atoms with Crippen LogP contribution in [0, 0.1) is 5.92 Å². The van der Waals surface area contributed by atoms with Gasteiger partial charge in [0.2, 0.25) is 0 Å². The Hall–Kier alpha value is -4.53. The molecule has 3 aromatic carbocycles. The summed E-state index contributed by atoms with van der Waals surface area (Å²) in [6.45, 7) is 0.733. The van der Waals surface area contributed by atoms with E-state index >= 15 is 0 Å². The van der Waals surface area contributed by atoms with Crippen molar-refractivity contribution in [3.05, 3.63) is 71.3 Å². The van der Waals surface area contributed by atoms with Crippen molar-refractivity contribution >= 4 is 17.7 Å². The van der Waals surface area contributed by atoms with Crippen LogP contribution in [-0.2, 0) is 22.4 Å². The van der Waals surface area contributed by atoms with Gasteiger partial charge < -0.3 is 29.9 Å². The van der Waals surface area contributed by atoms with Crippen molar-refractivity contribution in [1.82, 2.24) is 0 Å². The summed E-state index contributed by atoms with van der Waals surface area (Å²) >= 11 is 0. The first-order chi connectivity index (χ1) is 21.2. The Morgan fingerprint density at radius 2 is 1.45 bits per heavy atom. The van der Waals surface area contributed by atoms with Crippen LogP contribution >= 0.6 is 0 Å². The van der Waals surface area contributed by atoms with Crippen molar-refractivity contribution < 1.29 is 44.3 Å². The molecule has 0 bridgehead atoms. The number of carboxylic acid groups (broad SMARTS) is 2. The Balaban J connectivity index is 1.30. The highest BCUT2D eigenvalue weighted by Gasteiger charge is 2.31. The normalized spacial score (nSPS) is 12.5. The summed E-state index contributed by atoms with van der Waals surface area (Å²) < 4.78 is 11.9. The number of unbranched alkanes of at least 4 members (excludes halogenated alkanes) is 3. The minimum absolute atomic E-state index is 0.0110. The zero-order chi connectivity index (χ0) is 31.5. The van der Waals surface area contributed by atoms with Gasteiger partial charge >= 0.3 is 11.9 Å². The summed E-state index contributed by atoms with van der Waals surface area (Å²) in [5, 5.41) is 37.7. The van der Waals surface area contributed by atoms with Gasteiger partial charge in [-0.2, -0.15) is 0 Å². The monoisotopic (exact) mass is 604 g/mol. The lowest BCUT2D eigenvalue weighted by molar-refractivity contribution is -0.138. The average molecular weight is 605 g/mol. The summed E-state index contributed by atoms with van der Waals surface area (Å²) in [6, 6.07) is 15.7. The molecule has 44 heavy (non-hydrogen) atoms. The molecule has 0 radical (unpaired) electrons. The second-order valence-electron chi connectivity index (χ2n) is 11.2. The predicted molar refractivity (Wildman–Crippen MR) is 165 cm³/mol. The SMILES string of the molecule is O=C(O)CCCOc1cccc(CCCCCCOc2cc(C(=O)C3CC3)cc(-c3ccc(O)c(O)c3)c2)c1CCC(=O)O. The first-order valence-electron chi connectivity index (χ1n) is 15.2. The standard InChI is InChI=1S/C35H40O9/c36-30-15-13-25(22-31(30)37)26-19-27(35(42)24-11-12-24)21-28(20-26)43-17-4-2-1-3-7-23-8-5-9-32(29(23)14-16-34(40)41)44-18-6-10-33(38)39/h5,8-9,13,15,19-22,24,36-37H,1-4,6-7,10-12,14,16-18H2,(H,38,39)(H,40,41). The summed E-state index contributed by atoms with van der Waals surface area (Å²) in [5.41, 5.74) is 3.90. The second-order valence-corrected chi connectivity index (χ2v) is 11.2. The highest BCUT2D eigenvalue weighted by molar-refractivity contribution is 6.00. The molecule has 1 fully saturated rings. The van der Waals surface area contributed by atoms with E-state index in [9.17, 15) is 29.7 Å². The van der Waals surface area contributed by atoms with Crippen molar-refractivity contribution in [1.29, 1.82) is 0 Å². The summed E-state index contributed by atoms with van der Waals surface area (Å²) in [4.78, 5) is 34.9. The smallest absolute Gasteiger partial charge is 0.303 e. The lowest BCUT2D eigenvalue weighted by Crippen LogP contribution is -2.07. The number of phenolic OH excluding ortho intramolecular Hbond substituents is 2. The molecule has 234 valence electrons. The number of Topliss-reactive ketones (excluding diaryl/α,β-unsaturated/α-hetero) is 1. The van der Waals surface area contributed by atoms with Crippen molar-refractivity contribution in [3.8, 4) is 34.1 Å². The molecule has 4 N–H and O–H groups in total. The number of aliphatic carboxylic acids is 2. The van der Waals surface area contributed by atoms with Crippen LogP contribution in [0.4, 0.5) is 0 Å². The molecule has 0 spiro atoms. The fraction of sp³-hybridized carbons (Fsp3) is 0.400. The number of rotatable bonds is 19. The molecule has 0 saturated heterocycles. The van der Waals surface area contributed by atoms with Crippen LogP contribution in [0.5, 0.6) is 23.0 Å². The lowest BCUT2D eigenvalue weighted by atomic mass is 9.97. The Labute approximate surface area is 257 Å². The largest absolute Gasteiger partial charge is 0.504 e. The molecule has 3 aromatic rings. The van der Waals surface area contributed by atoms with E-state index in [1.54, 1.807) is 18.2 Å². The van der Waals surface area contributed by atoms with Crippen LogP contribution in [0.2, 0.25) is 0 Å². The molecule has 1 saturated carbocycles. The number of carbonyl (C=O) groups is 3. The van der Waals surface area contributed by atoms with E-state index in [4.69, 9.17) is 14.6 Å². The second kappa shape index (κ2) is 15.8. The number of hydrogen-bond donors (Lipinski definition) is 4. The van der Waals surface area contributed by atoms with Gasteiger partial charge in [-0.25, -0.2) is 0 Å². The summed E-state index contributed by atoms with van der Waals surface area (Å²) in [6.07, 6.45) is 6.89. The van der Waals surface area contributed by atoms with E-state index in [1.165, 1.54) is 12.1 Å². The fourth-order valence-corrected chi connectivity index (χ4v) is 5.14. The Kier molecular flexibility index (Phi) is 11.6. The van der Waals surface area contributed by atoms with Crippen LogP contribution in [0.15, 0.2) is 54.6 Å². The molecule has 0 amide bonds. The van der Waals surface area contributed by atoms with Crippen molar-refractivity contribution in [3.63, 3.8) is 0 Å². The molecule has 0 aromatic heterocycles. The van der Waals surface area contributed by atoms with Gasteiger partial charge in [0.25, 0.3) is 0 Å². The van der Waals surface area contributed by atoms with Gasteiger partial charge in [-0.1, -0.05) is 31.0 Å². The van der Waals surface area contributed by atoms with E-state index < -0.39 is 11.9 Å². The topological polar surface area (TPSA) is 151 Å². The first kappa shape index (κ1) is 32.4. The van der Waals surface area contributed by atoms with Crippen LogP contribution in [0.25, 0.3) is 11.1 Å². The molecule has 1 aliphatic carbocycles. The fourth-order valence-electron chi connectivity index (χ4n) is 5.14. The van der Waals surface area contributed by atoms with Gasteiger partial charge in [0.15, 0.2) is 17.3 Å². The Bertz CT molecular complexity index is 1460. The van der Waals surface area contributed by atoms with Crippen molar-refractivity contribution in [2.24, 2.45) is 5.92 Å². The predicted octanol–water partition coefficient (Wildman–Crippen LogP) is 6.80. The van der Waals surface area contributed by atoms with Gasteiger partial charge in [0.1, 0.15) is 11.5 Å². The molecule has 0 heterocycles. The highest BCUT2D eigenvalue weighted by Crippen LogP contribution is 2.37. The van der Waals surface area contributed by atoms with Crippen molar-refractivity contribution in [2.45, 2.75) is 70.6 Å². The highest BCUT2D eigenvalue weighted by atomic mass is 16.5. The maximum atomic E-state index is 12.8. The third-order valence-electron chi connectivity index (χ3n) is 7.67. The summed E-state index contributed by atoms with van der Waals surface area (Å²) in [7, 11) is 0. The maximum absolute atomic E-state index is 12.8. The number of carbonyl (C=O) groups excluding carboxylic acids is 1. The van der Waals surface area contributed by atoms with Crippen LogP contribution in [-0.4, -0.2) is 51.4 Å². The van der Waals surface area contributed by atoms with Crippen LogP contribution in [0.1, 0.15) is 79.3 Å². The third-order valence-corrected chi connectivity index (χ3v) is 7.67. The molecule has 9 heteroatoms. The van der Waals surface area contributed by atoms with E-state index in [0.717, 1.165) is 61.6 Å². The van der Waals surface area contributed by atoms with Gasteiger partial charge in [-0.15, -0.1) is 0 Å². The number of phenols is 2. The minimum Gasteiger partial charge on any atom is -0.504 e. The summed E-state index contributed by atoms with van der Waals surface area (Å²) in [5.74, 6) is -0.844. The molecule has 9 nitrogen and oxygen atoms in total. The number of ether oxygens (including phenoxy) is 2. The molecule has 0 unspecified atom stereocenters. The molecular weight excluding hydrogens is 564 g/mol. The van der Waals surface area contributed by atoms with Gasteiger partial charge in [0, 0.05) is 24.3 Å². The van der Waals surface area contributed by atoms with Gasteiger partial charge in [0.05, 0.1) is 13.2 Å². The lowest BCUT2D eigenvalue weighted by Gasteiger charge is -2.15. The number of ketones is 1. The number of benzene rings is 3. The maximum Gasteiger partial charge on any atom is 0.303 e. The van der Waals surface area contributed by atoms with Crippen LogP contribution < -0.4 is 9.47 Å². The minimum atomic E-state index is -0.882. The van der Waals surface area contributed by atoms with Crippen molar-refractivity contribution in [2.75, 3.05) is 13.2 Å². The molecular formula is C35H40O9. The number of carboxylic acids is 2. The Morgan fingerprint density at radius 1 is 0.705 bits per heavy atom. The van der Waals surface area contributed by atoms with Gasteiger partial charge in [-0.05, 0) is 104 Å². The quantitative estimate of drug-likeness (QED) is 0.0658. The zero-order valence-electron chi connectivity index (χ0n) is 24.8. The zero-order valence-corrected chi connectivity index (χ0v) is 24.8. The number of aryl methyl sites for hydroxylation is 1. The van der Waals surface area contributed by atoms with E-state index in [0.29, 0.717) is 42.1 Å². The first-order valence-corrected chi connectivity index (χ1v) is 15.2. The van der Waals surface area contributed by atoms with E-state index in [1.807, 2.05) is 24.3 Å². The van der Waals surface area contributed by atoms with E-state index in [-0.39, 0.29) is 42.6 Å². The third kappa shape index (κ3) is 9.76. The van der Waals surface area contributed by atoms with Crippen LogP contribution in [0.3, 0.4) is 0 Å². The average Bonchev–Trinajstić information content (AvgIpc) is 3.85. The molecule has 0 aliphatic heterocycles. The number of hydrogen-bond acceptors (Lipinski definition) is 7. The van der Waals surface area contributed by atoms with Gasteiger partial charge in [-0.3, -0.25) is 14.4 Å². The van der Waals surface area contributed by atoms with E-state index in [2.05, 4.69) is 0 Å². The Morgan fingerprint density at radius 3 is 2.18 bits per heavy atom. The number of aromatic hydroxyl groups is 2. The molecule has 0 atom stereocenters. The molecule has 4 rings (SSSR count).